The molecule has 0 aliphatic heterocycles. The van der Waals surface area contributed by atoms with Crippen molar-refractivity contribution in [2.45, 2.75) is 25.2 Å². The van der Waals surface area contributed by atoms with Crippen molar-refractivity contribution in [3.63, 3.8) is 0 Å². The Balaban J connectivity index is 2.13. The Morgan fingerprint density at radius 1 is 1.32 bits per heavy atom. The van der Waals surface area contributed by atoms with Crippen LogP contribution in [-0.2, 0) is 14.3 Å². The number of ether oxygens (including phenoxy) is 1. The van der Waals surface area contributed by atoms with E-state index in [1.54, 1.807) is 6.08 Å². The number of carbonyl (C=O) groups excluding carboxylic acids is 2. The van der Waals surface area contributed by atoms with Crippen molar-refractivity contribution >= 4 is 23.4 Å². The van der Waals surface area contributed by atoms with Crippen LogP contribution in [0.15, 0.2) is 35.9 Å². The highest BCUT2D eigenvalue weighted by atomic mass is 35.5. The van der Waals surface area contributed by atoms with Gasteiger partial charge in [0.05, 0.1) is 13.5 Å². The molecule has 0 bridgehead atoms. The maximum Gasteiger partial charge on any atom is 0.309 e. The summed E-state index contributed by atoms with van der Waals surface area (Å²) in [7, 11) is 1.35. The lowest BCUT2D eigenvalue weighted by molar-refractivity contribution is -0.139. The molecule has 0 N–H and O–H groups in total. The molecule has 1 aliphatic rings. The van der Waals surface area contributed by atoms with Gasteiger partial charge in [-0.1, -0.05) is 29.3 Å². The van der Waals surface area contributed by atoms with Crippen LogP contribution in [0.3, 0.4) is 0 Å². The highest BCUT2D eigenvalue weighted by Gasteiger charge is 2.23. The predicted octanol–water partition coefficient (Wildman–Crippen LogP) is 3.28. The van der Waals surface area contributed by atoms with Crippen molar-refractivity contribution in [2.75, 3.05) is 7.11 Å². The van der Waals surface area contributed by atoms with E-state index in [9.17, 15) is 9.59 Å². The van der Waals surface area contributed by atoms with Crippen molar-refractivity contribution in [3.05, 3.63) is 46.5 Å². The molecule has 0 saturated carbocycles. The summed E-state index contributed by atoms with van der Waals surface area (Å²) in [5, 5.41) is 0.677. The van der Waals surface area contributed by atoms with Crippen LogP contribution in [-0.4, -0.2) is 18.9 Å². The molecule has 0 aromatic heterocycles. The number of benzene rings is 1. The molecule has 0 spiro atoms. The molecule has 0 unspecified atom stereocenters. The summed E-state index contributed by atoms with van der Waals surface area (Å²) in [5.41, 5.74) is 1.91. The van der Waals surface area contributed by atoms with Crippen molar-refractivity contribution in [2.24, 2.45) is 0 Å². The minimum absolute atomic E-state index is 0.0603. The van der Waals surface area contributed by atoms with Gasteiger partial charge in [-0.25, -0.2) is 0 Å². The molecule has 0 saturated heterocycles. The average Bonchev–Trinajstić information content (AvgIpc) is 2.38. The Bertz CT molecular complexity index is 517. The van der Waals surface area contributed by atoms with Gasteiger partial charge in [-0.2, -0.15) is 0 Å². The zero-order chi connectivity index (χ0) is 13.8. The van der Waals surface area contributed by atoms with Crippen molar-refractivity contribution in [1.29, 1.82) is 0 Å². The number of allylic oxidation sites excluding steroid dienone is 1. The Morgan fingerprint density at radius 3 is 2.63 bits per heavy atom. The van der Waals surface area contributed by atoms with Gasteiger partial charge in [-0.3, -0.25) is 9.59 Å². The van der Waals surface area contributed by atoms with Gasteiger partial charge in [0.15, 0.2) is 5.78 Å². The number of hydrogen-bond donors (Lipinski definition) is 0. The van der Waals surface area contributed by atoms with Gasteiger partial charge in [-0.05, 0) is 36.1 Å². The minimum Gasteiger partial charge on any atom is -0.469 e. The SMILES string of the molecule is COC(=O)CC1=CC(=O)C[C@H](c2ccc(Cl)cc2)C1. The van der Waals surface area contributed by atoms with E-state index in [1.165, 1.54) is 7.11 Å². The van der Waals surface area contributed by atoms with Crippen LogP contribution < -0.4 is 0 Å². The summed E-state index contributed by atoms with van der Waals surface area (Å²) in [4.78, 5) is 23.0. The van der Waals surface area contributed by atoms with Gasteiger partial charge in [0.2, 0.25) is 0 Å². The van der Waals surface area contributed by atoms with Crippen LogP contribution in [0.1, 0.15) is 30.7 Å². The quantitative estimate of drug-likeness (QED) is 0.797. The number of carbonyl (C=O) groups is 2. The molecule has 19 heavy (non-hydrogen) atoms. The molecule has 1 aromatic carbocycles. The predicted molar refractivity (Wildman–Crippen MR) is 73.2 cm³/mol. The van der Waals surface area contributed by atoms with E-state index in [4.69, 9.17) is 11.6 Å². The third-order valence-electron chi connectivity index (χ3n) is 3.26. The molecular weight excluding hydrogens is 264 g/mol. The zero-order valence-corrected chi connectivity index (χ0v) is 11.4. The summed E-state index contributed by atoms with van der Waals surface area (Å²) >= 11 is 5.86. The molecular formula is C15H15ClO3. The molecule has 3 nitrogen and oxygen atoms in total. The molecule has 1 aromatic rings. The summed E-state index contributed by atoms with van der Waals surface area (Å²) in [6.07, 6.45) is 2.95. The monoisotopic (exact) mass is 278 g/mol. The second-order valence-corrected chi connectivity index (χ2v) is 5.11. The number of methoxy groups -OCH3 is 1. The standard InChI is InChI=1S/C15H15ClO3/c1-19-15(18)8-10-6-12(9-14(17)7-10)11-2-4-13(16)5-3-11/h2-5,7,12H,6,8-9H2,1H3/t12-/m1/s1. The van der Waals surface area contributed by atoms with E-state index < -0.39 is 0 Å². The maximum atomic E-state index is 11.7. The summed E-state index contributed by atoms with van der Waals surface area (Å²) in [5.74, 6) is -0.129. The first kappa shape index (κ1) is 13.8. The van der Waals surface area contributed by atoms with Crippen molar-refractivity contribution in [3.8, 4) is 0 Å². The van der Waals surface area contributed by atoms with E-state index in [0.29, 0.717) is 17.9 Å². The van der Waals surface area contributed by atoms with Crippen LogP contribution in [0, 0.1) is 0 Å². The number of ketones is 1. The highest BCUT2D eigenvalue weighted by molar-refractivity contribution is 6.30. The molecule has 1 atom stereocenters. The number of rotatable bonds is 3. The van der Waals surface area contributed by atoms with Gasteiger partial charge >= 0.3 is 5.97 Å². The van der Waals surface area contributed by atoms with Gasteiger partial charge in [0.25, 0.3) is 0 Å². The fraction of sp³-hybridized carbons (Fsp3) is 0.333. The van der Waals surface area contributed by atoms with E-state index in [2.05, 4.69) is 4.74 Å². The number of halogens is 1. The smallest absolute Gasteiger partial charge is 0.309 e. The van der Waals surface area contributed by atoms with Crippen LogP contribution >= 0.6 is 11.6 Å². The Kier molecular flexibility index (Phi) is 4.38. The number of hydrogen-bond acceptors (Lipinski definition) is 3. The molecule has 1 aliphatic carbocycles. The largest absolute Gasteiger partial charge is 0.469 e. The summed E-state index contributed by atoms with van der Waals surface area (Å²) in [6.45, 7) is 0. The Hall–Kier alpha value is -1.61. The third kappa shape index (κ3) is 3.67. The third-order valence-corrected chi connectivity index (χ3v) is 3.51. The lowest BCUT2D eigenvalue weighted by atomic mass is 9.82. The van der Waals surface area contributed by atoms with E-state index in [-0.39, 0.29) is 24.1 Å². The summed E-state index contributed by atoms with van der Waals surface area (Å²) in [6, 6.07) is 7.50. The molecule has 100 valence electrons. The second-order valence-electron chi connectivity index (χ2n) is 4.68. The fourth-order valence-corrected chi connectivity index (χ4v) is 2.45. The lowest BCUT2D eigenvalue weighted by Crippen LogP contribution is -2.15. The molecule has 4 heteroatoms. The molecule has 0 heterocycles. The maximum absolute atomic E-state index is 11.7. The van der Waals surface area contributed by atoms with Gasteiger partial charge < -0.3 is 4.74 Å². The first-order valence-corrected chi connectivity index (χ1v) is 6.51. The van der Waals surface area contributed by atoms with Crippen LogP contribution in [0.25, 0.3) is 0 Å². The highest BCUT2D eigenvalue weighted by Crippen LogP contribution is 2.33. The summed E-state index contributed by atoms with van der Waals surface area (Å²) < 4.78 is 4.64. The van der Waals surface area contributed by atoms with Gasteiger partial charge in [0.1, 0.15) is 0 Å². The average molecular weight is 279 g/mol. The fourth-order valence-electron chi connectivity index (χ4n) is 2.33. The molecule has 0 amide bonds. The first-order valence-electron chi connectivity index (χ1n) is 6.13. The number of esters is 1. The van der Waals surface area contributed by atoms with E-state index in [0.717, 1.165) is 11.1 Å². The lowest BCUT2D eigenvalue weighted by Gasteiger charge is -2.22. The Labute approximate surface area is 117 Å². The molecule has 0 fully saturated rings. The van der Waals surface area contributed by atoms with E-state index >= 15 is 0 Å². The van der Waals surface area contributed by atoms with Gasteiger partial charge in [0, 0.05) is 11.4 Å². The minimum atomic E-state index is -0.309. The molecule has 0 radical (unpaired) electrons. The van der Waals surface area contributed by atoms with Crippen molar-refractivity contribution < 1.29 is 14.3 Å². The topological polar surface area (TPSA) is 43.4 Å². The van der Waals surface area contributed by atoms with Crippen LogP contribution in [0.2, 0.25) is 5.02 Å². The van der Waals surface area contributed by atoms with Crippen LogP contribution in [0.5, 0.6) is 0 Å². The molecule has 2 rings (SSSR count). The van der Waals surface area contributed by atoms with E-state index in [1.807, 2.05) is 24.3 Å². The second kappa shape index (κ2) is 6.02. The van der Waals surface area contributed by atoms with Crippen LogP contribution in [0.4, 0.5) is 0 Å². The normalized spacial score (nSPS) is 18.9. The van der Waals surface area contributed by atoms with Gasteiger partial charge in [-0.15, -0.1) is 0 Å². The first-order chi connectivity index (χ1) is 9.08. The Morgan fingerprint density at radius 2 is 2.00 bits per heavy atom. The zero-order valence-electron chi connectivity index (χ0n) is 10.7. The van der Waals surface area contributed by atoms with Crippen molar-refractivity contribution in [1.82, 2.24) is 0 Å².